The number of hydroxylamine groups is 2. The van der Waals surface area contributed by atoms with Gasteiger partial charge >= 0.3 is 16.4 Å². The van der Waals surface area contributed by atoms with Gasteiger partial charge in [0.15, 0.2) is 0 Å². The summed E-state index contributed by atoms with van der Waals surface area (Å²) in [7, 11) is -3.32. The summed E-state index contributed by atoms with van der Waals surface area (Å²) in [4.78, 5) is 25.7. The van der Waals surface area contributed by atoms with Gasteiger partial charge in [0.2, 0.25) is 0 Å². The van der Waals surface area contributed by atoms with Crippen LogP contribution in [0.2, 0.25) is 0 Å². The zero-order chi connectivity index (χ0) is 16.1. The fraction of sp³-hybridized carbons (Fsp3) is 0.800. The summed E-state index contributed by atoms with van der Waals surface area (Å²) in [6.07, 6.45) is 0.322. The standard InChI is InChI=1S/C10H16N4O7S/c1-11-12-8(15)6-2-10(4-20-5-10)7-3-13(6)9(16)14(7)21-22(17,18)19/h6-7,11H,2-5H2,1H3,(H,12,15)(H,17,18,19)/t6-,7-/m0/s1. The number of hydrazine groups is 1. The van der Waals surface area contributed by atoms with E-state index in [1.807, 2.05) is 0 Å². The van der Waals surface area contributed by atoms with Gasteiger partial charge in [0.25, 0.3) is 5.91 Å². The second-order valence-electron chi connectivity index (χ2n) is 5.59. The average Bonchev–Trinajstić information content (AvgIpc) is 2.63. The van der Waals surface area contributed by atoms with Crippen molar-refractivity contribution < 1.29 is 31.6 Å². The van der Waals surface area contributed by atoms with Crippen molar-refractivity contribution >= 4 is 22.3 Å². The van der Waals surface area contributed by atoms with E-state index >= 15 is 0 Å². The molecule has 0 aromatic rings. The molecular formula is C10H16N4O7S. The molecule has 12 heteroatoms. The van der Waals surface area contributed by atoms with Gasteiger partial charge in [-0.15, -0.1) is 4.28 Å². The lowest BCUT2D eigenvalue weighted by atomic mass is 9.71. The molecule has 3 heterocycles. The van der Waals surface area contributed by atoms with Crippen LogP contribution in [0.25, 0.3) is 0 Å². The van der Waals surface area contributed by atoms with Gasteiger partial charge in [-0.1, -0.05) is 0 Å². The largest absolute Gasteiger partial charge is 0.418 e. The summed E-state index contributed by atoms with van der Waals surface area (Å²) >= 11 is 0. The SMILES string of the molecule is CNNC(=O)[C@@H]1CC2(COC2)[C@@H]2CN1C(=O)N2OS(=O)(=O)O. The monoisotopic (exact) mass is 336 g/mol. The number of carbonyl (C=O) groups excluding carboxylic acids is 2. The molecule has 0 unspecified atom stereocenters. The molecule has 0 saturated carbocycles. The Morgan fingerprint density at radius 2 is 2.18 bits per heavy atom. The number of urea groups is 1. The van der Waals surface area contributed by atoms with Gasteiger partial charge in [0.05, 0.1) is 19.3 Å². The van der Waals surface area contributed by atoms with Crippen LogP contribution in [0.1, 0.15) is 6.42 Å². The predicted octanol–water partition coefficient (Wildman–Crippen LogP) is -2.13. The maximum absolute atomic E-state index is 12.3. The van der Waals surface area contributed by atoms with Crippen molar-refractivity contribution in [1.29, 1.82) is 0 Å². The molecule has 124 valence electrons. The summed E-state index contributed by atoms with van der Waals surface area (Å²) in [6, 6.07) is -2.15. The molecule has 1 spiro atoms. The van der Waals surface area contributed by atoms with E-state index < -0.39 is 39.8 Å². The van der Waals surface area contributed by atoms with Crippen LogP contribution in [-0.4, -0.2) is 73.8 Å². The number of piperidine rings is 1. The van der Waals surface area contributed by atoms with Gasteiger partial charge in [0.1, 0.15) is 6.04 Å². The Morgan fingerprint density at radius 1 is 1.50 bits per heavy atom. The summed E-state index contributed by atoms with van der Waals surface area (Å²) in [5.74, 6) is -0.408. The van der Waals surface area contributed by atoms with Crippen molar-refractivity contribution in [3.8, 4) is 0 Å². The lowest BCUT2D eigenvalue weighted by Gasteiger charge is -2.50. The minimum atomic E-state index is -4.84. The first-order chi connectivity index (χ1) is 10.3. The zero-order valence-corrected chi connectivity index (χ0v) is 12.5. The first kappa shape index (κ1) is 15.4. The van der Waals surface area contributed by atoms with E-state index in [-0.39, 0.29) is 19.8 Å². The van der Waals surface area contributed by atoms with Crippen LogP contribution < -0.4 is 10.9 Å². The van der Waals surface area contributed by atoms with Gasteiger partial charge in [0, 0.05) is 19.0 Å². The molecule has 22 heavy (non-hydrogen) atoms. The predicted molar refractivity (Wildman–Crippen MR) is 69.2 cm³/mol. The number of rotatable bonds is 4. The number of hydrogen-bond acceptors (Lipinski definition) is 7. The van der Waals surface area contributed by atoms with E-state index in [2.05, 4.69) is 15.1 Å². The lowest BCUT2D eigenvalue weighted by molar-refractivity contribution is -0.192. The average molecular weight is 336 g/mol. The van der Waals surface area contributed by atoms with Crippen molar-refractivity contribution in [2.24, 2.45) is 5.41 Å². The minimum absolute atomic E-state index is 0.125. The van der Waals surface area contributed by atoms with Crippen molar-refractivity contribution in [3.05, 3.63) is 0 Å². The molecule has 0 aromatic heterocycles. The first-order valence-corrected chi connectivity index (χ1v) is 7.95. The van der Waals surface area contributed by atoms with Gasteiger partial charge in [-0.05, 0) is 6.42 Å². The molecule has 2 atom stereocenters. The molecular weight excluding hydrogens is 320 g/mol. The minimum Gasteiger partial charge on any atom is -0.380 e. The number of carbonyl (C=O) groups is 2. The highest BCUT2D eigenvalue weighted by molar-refractivity contribution is 7.80. The highest BCUT2D eigenvalue weighted by Crippen LogP contribution is 2.47. The van der Waals surface area contributed by atoms with Crippen molar-refractivity contribution in [2.75, 3.05) is 26.8 Å². The van der Waals surface area contributed by atoms with Gasteiger partial charge in [-0.25, -0.2) is 10.2 Å². The third-order valence-electron chi connectivity index (χ3n) is 4.27. The number of ether oxygens (including phenoxy) is 1. The van der Waals surface area contributed by atoms with Crippen molar-refractivity contribution in [1.82, 2.24) is 20.8 Å². The highest BCUT2D eigenvalue weighted by Gasteiger charge is 2.63. The Morgan fingerprint density at radius 3 is 2.68 bits per heavy atom. The Kier molecular flexibility index (Phi) is 3.52. The molecule has 0 radical (unpaired) electrons. The van der Waals surface area contributed by atoms with Crippen LogP contribution in [0.4, 0.5) is 4.79 Å². The van der Waals surface area contributed by atoms with Crippen LogP contribution >= 0.6 is 0 Å². The molecule has 11 nitrogen and oxygen atoms in total. The molecule has 3 aliphatic rings. The Balaban J connectivity index is 1.91. The smallest absolute Gasteiger partial charge is 0.380 e. The molecule has 3 rings (SSSR count). The number of fused-ring (bicyclic) bond motifs is 3. The normalized spacial score (nSPS) is 29.6. The summed E-state index contributed by atoms with van der Waals surface area (Å²) < 4.78 is 40.4. The van der Waals surface area contributed by atoms with E-state index in [1.54, 1.807) is 0 Å². The van der Waals surface area contributed by atoms with E-state index in [0.29, 0.717) is 11.5 Å². The van der Waals surface area contributed by atoms with Crippen LogP contribution in [0.15, 0.2) is 0 Å². The highest BCUT2D eigenvalue weighted by atomic mass is 32.3. The first-order valence-electron chi connectivity index (χ1n) is 6.59. The molecule has 0 aliphatic carbocycles. The van der Waals surface area contributed by atoms with Gasteiger partial charge in [-0.3, -0.25) is 14.8 Å². The van der Waals surface area contributed by atoms with E-state index in [9.17, 15) is 18.0 Å². The molecule has 3 aliphatic heterocycles. The molecule has 0 aromatic carbocycles. The van der Waals surface area contributed by atoms with Gasteiger partial charge < -0.3 is 9.64 Å². The zero-order valence-electron chi connectivity index (χ0n) is 11.7. The van der Waals surface area contributed by atoms with Crippen molar-refractivity contribution in [2.45, 2.75) is 18.5 Å². The van der Waals surface area contributed by atoms with Gasteiger partial charge in [-0.2, -0.15) is 13.5 Å². The van der Waals surface area contributed by atoms with Crippen LogP contribution in [0.5, 0.6) is 0 Å². The van der Waals surface area contributed by atoms with Crippen LogP contribution in [-0.2, 0) is 24.2 Å². The topological polar surface area (TPSA) is 138 Å². The lowest BCUT2D eigenvalue weighted by Crippen LogP contribution is -2.64. The number of nitrogens with one attached hydrogen (secondary N) is 2. The molecule has 3 amide bonds. The second-order valence-corrected chi connectivity index (χ2v) is 6.60. The van der Waals surface area contributed by atoms with E-state index in [1.165, 1.54) is 11.9 Å². The van der Waals surface area contributed by atoms with Crippen LogP contribution in [0.3, 0.4) is 0 Å². The molecule has 3 fully saturated rings. The number of amides is 3. The Hall–Kier alpha value is -1.47. The summed E-state index contributed by atoms with van der Waals surface area (Å²) in [5, 5.41) is 0.629. The summed E-state index contributed by atoms with van der Waals surface area (Å²) in [5.41, 5.74) is 4.35. The Labute approximate surface area is 126 Å². The Bertz CT molecular complexity index is 604. The number of hydrogen-bond donors (Lipinski definition) is 3. The van der Waals surface area contributed by atoms with Crippen LogP contribution in [0, 0.1) is 5.41 Å². The molecule has 3 N–H and O–H groups in total. The maximum atomic E-state index is 12.3. The third-order valence-corrected chi connectivity index (χ3v) is 4.62. The summed E-state index contributed by atoms with van der Waals surface area (Å²) in [6.45, 7) is 0.695. The molecule has 3 saturated heterocycles. The fourth-order valence-electron chi connectivity index (χ4n) is 3.23. The third kappa shape index (κ3) is 2.32. The fourth-order valence-corrected chi connectivity index (χ4v) is 3.60. The molecule has 2 bridgehead atoms. The van der Waals surface area contributed by atoms with E-state index in [4.69, 9.17) is 9.29 Å². The second kappa shape index (κ2) is 5.03. The maximum Gasteiger partial charge on any atom is 0.418 e. The van der Waals surface area contributed by atoms with E-state index in [0.717, 1.165) is 0 Å². The van der Waals surface area contributed by atoms with Crippen molar-refractivity contribution in [3.63, 3.8) is 0 Å². The quantitative estimate of drug-likeness (QED) is 0.391. The number of nitrogens with zero attached hydrogens (tertiary/aromatic N) is 2.